The quantitative estimate of drug-likeness (QED) is 0.0896. The third-order valence-electron chi connectivity index (χ3n) is 9.52. The number of aliphatic hydroxyl groups is 2. The summed E-state index contributed by atoms with van der Waals surface area (Å²) < 4.78 is 13.4. The van der Waals surface area contributed by atoms with E-state index in [1.807, 2.05) is 103 Å². The molecule has 5 aromatic carbocycles. The Hall–Kier alpha value is -5.03. The molecule has 5 atom stereocenters. The van der Waals surface area contributed by atoms with Crippen LogP contribution in [0, 0.1) is 5.92 Å². The van der Waals surface area contributed by atoms with E-state index in [-0.39, 0.29) is 36.5 Å². The largest absolute Gasteiger partial charge is 0.508 e. The number of phenolic OH excluding ortho intramolecular Hbond substituents is 1. The van der Waals surface area contributed by atoms with Crippen molar-refractivity contribution in [3.63, 3.8) is 0 Å². The van der Waals surface area contributed by atoms with Crippen molar-refractivity contribution in [2.24, 2.45) is 5.92 Å². The normalized spacial score (nSPS) is 19.2. The number of benzene rings is 5. The highest BCUT2D eigenvalue weighted by Crippen LogP contribution is 2.42. The van der Waals surface area contributed by atoms with Crippen molar-refractivity contribution >= 4 is 6.03 Å². The molecule has 1 aliphatic heterocycles. The van der Waals surface area contributed by atoms with Crippen LogP contribution in [0.5, 0.6) is 5.75 Å². The number of carbonyl (C=O) groups is 1. The second-order valence-electron chi connectivity index (χ2n) is 13.5. The van der Waals surface area contributed by atoms with Gasteiger partial charge in [-0.1, -0.05) is 110 Å². The van der Waals surface area contributed by atoms with Crippen LogP contribution in [-0.4, -0.2) is 52.5 Å². The maximum Gasteiger partial charge on any atom is 0.315 e. The molecule has 0 radical (unpaired) electrons. The van der Waals surface area contributed by atoms with Crippen LogP contribution in [0.15, 0.2) is 127 Å². The van der Waals surface area contributed by atoms with E-state index >= 15 is 0 Å². The molecule has 52 heavy (non-hydrogen) atoms. The topological polar surface area (TPSA) is 124 Å². The minimum Gasteiger partial charge on any atom is -0.508 e. The molecule has 5 aromatic rings. The molecule has 0 aromatic heterocycles. The van der Waals surface area contributed by atoms with Crippen molar-refractivity contribution in [3.8, 4) is 16.9 Å². The Morgan fingerprint density at radius 3 is 2.15 bits per heavy atom. The Labute approximate surface area is 305 Å². The van der Waals surface area contributed by atoms with E-state index in [1.165, 1.54) is 0 Å². The number of hydrogen-bond donors (Lipinski definition) is 5. The Balaban J connectivity index is 1.17. The summed E-state index contributed by atoms with van der Waals surface area (Å²) in [6.45, 7) is 3.81. The molecule has 1 heterocycles. The van der Waals surface area contributed by atoms with Crippen molar-refractivity contribution < 1.29 is 29.6 Å². The molecule has 1 saturated heterocycles. The first kappa shape index (κ1) is 36.8. The molecule has 5 unspecified atom stereocenters. The predicted molar refractivity (Wildman–Crippen MR) is 201 cm³/mol. The highest BCUT2D eigenvalue weighted by Gasteiger charge is 2.39. The lowest BCUT2D eigenvalue weighted by atomic mass is 9.89. The summed E-state index contributed by atoms with van der Waals surface area (Å²) in [5, 5.41) is 36.3. The number of ether oxygens (including phenoxy) is 2. The van der Waals surface area contributed by atoms with E-state index in [9.17, 15) is 20.1 Å². The number of hydrogen-bond acceptors (Lipinski definition) is 7. The molecule has 0 saturated carbocycles. The molecule has 1 aliphatic rings. The van der Waals surface area contributed by atoms with Crippen LogP contribution in [0.2, 0.25) is 0 Å². The Morgan fingerprint density at radius 2 is 1.42 bits per heavy atom. The third kappa shape index (κ3) is 9.64. The molecular weight excluding hydrogens is 654 g/mol. The van der Waals surface area contributed by atoms with Gasteiger partial charge in [-0.05, 0) is 70.3 Å². The van der Waals surface area contributed by atoms with E-state index in [2.05, 4.69) is 29.7 Å². The minimum atomic E-state index is -0.781. The van der Waals surface area contributed by atoms with Gasteiger partial charge in [0.2, 0.25) is 0 Å². The van der Waals surface area contributed by atoms with Crippen molar-refractivity contribution in [3.05, 3.63) is 161 Å². The fourth-order valence-corrected chi connectivity index (χ4v) is 6.59. The van der Waals surface area contributed by atoms with Crippen LogP contribution in [0.1, 0.15) is 58.8 Å². The number of aromatic hydroxyl groups is 1. The average molecular weight is 702 g/mol. The van der Waals surface area contributed by atoms with Crippen molar-refractivity contribution in [2.45, 2.75) is 51.2 Å². The lowest BCUT2D eigenvalue weighted by Gasteiger charge is -2.42. The summed E-state index contributed by atoms with van der Waals surface area (Å²) in [4.78, 5) is 14.5. The fourth-order valence-electron chi connectivity index (χ4n) is 6.59. The number of rotatable bonds is 13. The lowest BCUT2D eigenvalue weighted by molar-refractivity contribution is -0.276. The first-order valence-corrected chi connectivity index (χ1v) is 17.7. The first-order valence-electron chi connectivity index (χ1n) is 17.7. The zero-order chi connectivity index (χ0) is 36.5. The highest BCUT2D eigenvalue weighted by atomic mass is 16.7. The van der Waals surface area contributed by atoms with Gasteiger partial charge in [-0.3, -0.25) is 0 Å². The van der Waals surface area contributed by atoms with Crippen molar-refractivity contribution in [1.82, 2.24) is 15.5 Å². The maximum atomic E-state index is 12.5. The van der Waals surface area contributed by atoms with Gasteiger partial charge < -0.3 is 40.3 Å². The third-order valence-corrected chi connectivity index (χ3v) is 9.52. The molecule has 270 valence electrons. The maximum absolute atomic E-state index is 12.5. The van der Waals surface area contributed by atoms with Gasteiger partial charge in [0.05, 0.1) is 24.9 Å². The minimum absolute atomic E-state index is 0.0335. The average Bonchev–Trinajstić information content (AvgIpc) is 3.17. The molecule has 5 N–H and O–H groups in total. The lowest BCUT2D eigenvalue weighted by Crippen LogP contribution is -2.44. The van der Waals surface area contributed by atoms with E-state index in [4.69, 9.17) is 9.47 Å². The summed E-state index contributed by atoms with van der Waals surface area (Å²) >= 11 is 0. The van der Waals surface area contributed by atoms with Crippen molar-refractivity contribution in [1.29, 1.82) is 0 Å². The summed E-state index contributed by atoms with van der Waals surface area (Å²) in [5.41, 5.74) is 7.35. The highest BCUT2D eigenvalue weighted by molar-refractivity contribution is 5.74. The van der Waals surface area contributed by atoms with Gasteiger partial charge in [0.25, 0.3) is 0 Å². The zero-order valence-electron chi connectivity index (χ0n) is 29.6. The zero-order valence-corrected chi connectivity index (χ0v) is 29.6. The SMILES string of the molecule is CC1C(CN(C)CC(O)c2cccc(O)c2)OC(c2cccc(-c3cccc(CNC(=O)NCc4ccccc4)c3)c2)OC1c1ccc(CO)cc1. The summed E-state index contributed by atoms with van der Waals surface area (Å²) in [5.74, 6) is 0.0832. The number of phenols is 1. The van der Waals surface area contributed by atoms with Gasteiger partial charge in [0.1, 0.15) is 5.75 Å². The molecule has 0 spiro atoms. The number of carbonyl (C=O) groups excluding carboxylic acids is 1. The van der Waals surface area contributed by atoms with Crippen LogP contribution < -0.4 is 10.6 Å². The predicted octanol–water partition coefficient (Wildman–Crippen LogP) is 7.01. The summed E-state index contributed by atoms with van der Waals surface area (Å²) in [6.07, 6.45) is -1.97. The standard InChI is InChI=1S/C43H47N3O6/c1-29-40(27-46(2)26-39(49)36-14-8-16-38(48)23-36)51-42(52-41(29)33-19-17-31(28-47)18-20-33)37-15-7-13-35(22-37)34-12-6-11-32(21-34)25-45-43(50)44-24-30-9-4-3-5-10-30/h3-23,29,39-42,47-49H,24-28H2,1-2H3,(H2,44,45,50). The van der Waals surface area contributed by atoms with Gasteiger partial charge in [0.15, 0.2) is 6.29 Å². The van der Waals surface area contributed by atoms with Crippen molar-refractivity contribution in [2.75, 3.05) is 20.1 Å². The van der Waals surface area contributed by atoms with Gasteiger partial charge in [-0.25, -0.2) is 4.79 Å². The molecule has 0 bridgehead atoms. The first-order chi connectivity index (χ1) is 25.2. The van der Waals surface area contributed by atoms with Crippen LogP contribution in [0.4, 0.5) is 4.79 Å². The molecule has 2 amide bonds. The van der Waals surface area contributed by atoms with E-state index in [0.717, 1.165) is 38.9 Å². The van der Waals surface area contributed by atoms with Gasteiger partial charge in [-0.2, -0.15) is 0 Å². The van der Waals surface area contributed by atoms with E-state index in [1.54, 1.807) is 24.3 Å². The fraction of sp³-hybridized carbons (Fsp3) is 0.279. The molecule has 6 rings (SSSR count). The number of urea groups is 1. The number of amides is 2. The number of nitrogens with one attached hydrogen (secondary N) is 2. The molecule has 9 nitrogen and oxygen atoms in total. The summed E-state index contributed by atoms with van der Waals surface area (Å²) in [6, 6.07) is 40.3. The second-order valence-corrected chi connectivity index (χ2v) is 13.5. The van der Waals surface area contributed by atoms with E-state index in [0.29, 0.717) is 31.7 Å². The van der Waals surface area contributed by atoms with Crippen LogP contribution >= 0.6 is 0 Å². The molecule has 0 aliphatic carbocycles. The summed E-state index contributed by atoms with van der Waals surface area (Å²) in [7, 11) is 1.95. The molecule has 9 heteroatoms. The van der Waals surface area contributed by atoms with Crippen LogP contribution in [0.25, 0.3) is 11.1 Å². The second kappa shape index (κ2) is 17.5. The van der Waals surface area contributed by atoms with E-state index < -0.39 is 12.4 Å². The Morgan fingerprint density at radius 1 is 0.750 bits per heavy atom. The van der Waals surface area contributed by atoms with Gasteiger partial charge >= 0.3 is 6.03 Å². The van der Waals surface area contributed by atoms with Crippen LogP contribution in [0.3, 0.4) is 0 Å². The smallest absolute Gasteiger partial charge is 0.315 e. The molecule has 1 fully saturated rings. The van der Waals surface area contributed by atoms with Crippen LogP contribution in [-0.2, 0) is 29.2 Å². The Kier molecular flexibility index (Phi) is 12.3. The monoisotopic (exact) mass is 701 g/mol. The number of aliphatic hydroxyl groups excluding tert-OH is 2. The van der Waals surface area contributed by atoms with Gasteiger partial charge in [0, 0.05) is 37.7 Å². The van der Waals surface area contributed by atoms with Gasteiger partial charge in [-0.15, -0.1) is 0 Å². The molecular formula is C43H47N3O6. The number of likely N-dealkylation sites (N-methyl/N-ethyl adjacent to an activating group) is 1. The Bertz CT molecular complexity index is 1900. The number of nitrogens with zero attached hydrogens (tertiary/aromatic N) is 1.